The van der Waals surface area contributed by atoms with Gasteiger partial charge in [0.05, 0.1) is 23.7 Å². The van der Waals surface area contributed by atoms with Crippen molar-refractivity contribution in [2.75, 3.05) is 11.9 Å². The summed E-state index contributed by atoms with van der Waals surface area (Å²) in [7, 11) is 0. The van der Waals surface area contributed by atoms with E-state index in [0.717, 1.165) is 10.9 Å². The number of pyridine rings is 1. The number of rotatable bonds is 3. The highest BCUT2D eigenvalue weighted by atomic mass is 16.2. The van der Waals surface area contributed by atoms with Gasteiger partial charge in [-0.2, -0.15) is 5.26 Å². The maximum absolute atomic E-state index is 11.8. The van der Waals surface area contributed by atoms with Crippen molar-refractivity contribution in [1.29, 1.82) is 5.26 Å². The first-order valence-electron chi connectivity index (χ1n) is 6.74. The summed E-state index contributed by atoms with van der Waals surface area (Å²) in [5, 5.41) is 15.8. The monoisotopic (exact) mass is 282 g/mol. The molecule has 0 radical (unpaired) electrons. The molecule has 2 rings (SSSR count). The predicted molar refractivity (Wildman–Crippen MR) is 82.8 cm³/mol. The van der Waals surface area contributed by atoms with E-state index in [9.17, 15) is 10.1 Å². The molecule has 21 heavy (non-hydrogen) atoms. The number of para-hydroxylation sites is 1. The molecule has 0 aliphatic rings. The number of nitriles is 1. The van der Waals surface area contributed by atoms with E-state index in [1.807, 2.05) is 45.0 Å². The van der Waals surface area contributed by atoms with Crippen LogP contribution >= 0.6 is 0 Å². The van der Waals surface area contributed by atoms with E-state index in [1.165, 1.54) is 0 Å². The highest BCUT2D eigenvalue weighted by Gasteiger charge is 2.13. The number of hydrogen-bond donors (Lipinski definition) is 2. The quantitative estimate of drug-likeness (QED) is 0.906. The van der Waals surface area contributed by atoms with Crippen molar-refractivity contribution >= 4 is 22.6 Å². The number of benzene rings is 1. The molecule has 5 nitrogen and oxygen atoms in total. The summed E-state index contributed by atoms with van der Waals surface area (Å²) in [5.74, 6) is 0.408. The Balaban J connectivity index is 2.16. The van der Waals surface area contributed by atoms with E-state index in [-0.39, 0.29) is 18.0 Å². The van der Waals surface area contributed by atoms with E-state index in [0.29, 0.717) is 11.4 Å². The molecular weight excluding hydrogens is 264 g/mol. The summed E-state index contributed by atoms with van der Waals surface area (Å²) >= 11 is 0. The van der Waals surface area contributed by atoms with Crippen LogP contribution in [0.3, 0.4) is 0 Å². The molecule has 0 aliphatic carbocycles. The Labute approximate surface area is 124 Å². The number of amides is 1. The van der Waals surface area contributed by atoms with Crippen LogP contribution in [-0.2, 0) is 4.79 Å². The van der Waals surface area contributed by atoms with Crippen LogP contribution in [0.2, 0.25) is 0 Å². The van der Waals surface area contributed by atoms with E-state index < -0.39 is 0 Å². The van der Waals surface area contributed by atoms with Gasteiger partial charge in [-0.05, 0) is 32.9 Å². The second-order valence-corrected chi connectivity index (χ2v) is 5.84. The normalized spacial score (nSPS) is 11.0. The highest BCUT2D eigenvalue weighted by molar-refractivity contribution is 5.87. The van der Waals surface area contributed by atoms with Crippen LogP contribution in [0, 0.1) is 11.3 Å². The molecule has 0 fully saturated rings. The average molecular weight is 282 g/mol. The largest absolute Gasteiger partial charge is 0.361 e. The van der Waals surface area contributed by atoms with Crippen molar-refractivity contribution in [2.45, 2.75) is 26.3 Å². The van der Waals surface area contributed by atoms with Gasteiger partial charge in [-0.15, -0.1) is 0 Å². The van der Waals surface area contributed by atoms with Gasteiger partial charge in [0.25, 0.3) is 0 Å². The lowest BCUT2D eigenvalue weighted by molar-refractivity contribution is -0.120. The van der Waals surface area contributed by atoms with Crippen LogP contribution in [-0.4, -0.2) is 23.0 Å². The third-order valence-corrected chi connectivity index (χ3v) is 2.78. The zero-order valence-corrected chi connectivity index (χ0v) is 12.4. The summed E-state index contributed by atoms with van der Waals surface area (Å²) in [4.78, 5) is 16.2. The molecule has 0 bridgehead atoms. The van der Waals surface area contributed by atoms with Gasteiger partial charge < -0.3 is 10.6 Å². The van der Waals surface area contributed by atoms with E-state index >= 15 is 0 Å². The number of aromatic nitrogens is 1. The first-order chi connectivity index (χ1) is 9.89. The Bertz CT molecular complexity index is 710. The zero-order valence-electron chi connectivity index (χ0n) is 12.4. The molecule has 0 unspecified atom stereocenters. The Morgan fingerprint density at radius 1 is 1.33 bits per heavy atom. The maximum atomic E-state index is 11.8. The topological polar surface area (TPSA) is 77.8 Å². The van der Waals surface area contributed by atoms with Crippen molar-refractivity contribution in [3.05, 3.63) is 35.9 Å². The third-order valence-electron chi connectivity index (χ3n) is 2.78. The molecule has 1 amide bonds. The molecule has 2 N–H and O–H groups in total. The molecule has 0 saturated heterocycles. The second-order valence-electron chi connectivity index (χ2n) is 5.84. The Morgan fingerprint density at radius 2 is 2.05 bits per heavy atom. The molecular formula is C16H18N4O. The molecule has 1 aromatic heterocycles. The first-order valence-corrected chi connectivity index (χ1v) is 6.74. The van der Waals surface area contributed by atoms with Crippen LogP contribution in [0.5, 0.6) is 0 Å². The lowest BCUT2D eigenvalue weighted by atomic mass is 10.1. The number of carbonyl (C=O) groups excluding carboxylic acids is 1. The second kappa shape index (κ2) is 5.80. The van der Waals surface area contributed by atoms with Crippen molar-refractivity contribution in [2.24, 2.45) is 0 Å². The van der Waals surface area contributed by atoms with Crippen molar-refractivity contribution in [3.63, 3.8) is 0 Å². The Morgan fingerprint density at radius 3 is 2.71 bits per heavy atom. The van der Waals surface area contributed by atoms with Gasteiger partial charge >= 0.3 is 0 Å². The van der Waals surface area contributed by atoms with Gasteiger partial charge in [-0.25, -0.2) is 4.98 Å². The number of nitrogens with one attached hydrogen (secondary N) is 2. The maximum Gasteiger partial charge on any atom is 0.239 e. The predicted octanol–water partition coefficient (Wildman–Crippen LogP) is 2.43. The smallest absolute Gasteiger partial charge is 0.239 e. The molecule has 0 saturated carbocycles. The number of anilines is 1. The fraction of sp³-hybridized carbons (Fsp3) is 0.312. The standard InChI is InChI=1S/C16H18N4O/c1-16(2,3)20-15(21)10-18-14-8-11(9-17)12-6-4-5-7-13(12)19-14/h4-8H,10H2,1-3H3,(H,18,19)(H,20,21). The van der Waals surface area contributed by atoms with E-state index in [2.05, 4.69) is 21.7 Å². The number of nitrogens with zero attached hydrogens (tertiary/aromatic N) is 2. The summed E-state index contributed by atoms with van der Waals surface area (Å²) in [6.45, 7) is 5.89. The van der Waals surface area contributed by atoms with E-state index in [1.54, 1.807) is 6.07 Å². The fourth-order valence-corrected chi connectivity index (χ4v) is 1.99. The van der Waals surface area contributed by atoms with Gasteiger partial charge in [0.1, 0.15) is 5.82 Å². The van der Waals surface area contributed by atoms with E-state index in [4.69, 9.17) is 0 Å². The molecule has 2 aromatic rings. The minimum absolute atomic E-state index is 0.115. The zero-order chi connectivity index (χ0) is 15.5. The molecule has 1 aromatic carbocycles. The van der Waals surface area contributed by atoms with Crippen LogP contribution < -0.4 is 10.6 Å². The summed E-state index contributed by atoms with van der Waals surface area (Å²) < 4.78 is 0. The number of carbonyl (C=O) groups is 1. The molecule has 108 valence electrons. The fourth-order valence-electron chi connectivity index (χ4n) is 1.99. The molecule has 0 aliphatic heterocycles. The Kier molecular flexibility index (Phi) is 4.08. The molecule has 5 heteroatoms. The lowest BCUT2D eigenvalue weighted by Crippen LogP contribution is -2.43. The van der Waals surface area contributed by atoms with Crippen LogP contribution in [0.4, 0.5) is 5.82 Å². The summed E-state index contributed by atoms with van der Waals surface area (Å²) in [5.41, 5.74) is 1.00. The minimum Gasteiger partial charge on any atom is -0.361 e. The SMILES string of the molecule is CC(C)(C)NC(=O)CNc1cc(C#N)c2ccccc2n1. The number of fused-ring (bicyclic) bond motifs is 1. The average Bonchev–Trinajstić information content (AvgIpc) is 2.42. The van der Waals surface area contributed by atoms with Gasteiger partial charge in [-0.1, -0.05) is 18.2 Å². The third kappa shape index (κ3) is 3.93. The van der Waals surface area contributed by atoms with Crippen LogP contribution in [0.15, 0.2) is 30.3 Å². The highest BCUT2D eigenvalue weighted by Crippen LogP contribution is 2.19. The Hall–Kier alpha value is -2.61. The van der Waals surface area contributed by atoms with Crippen molar-refractivity contribution in [1.82, 2.24) is 10.3 Å². The first kappa shape index (κ1) is 14.8. The van der Waals surface area contributed by atoms with Crippen molar-refractivity contribution < 1.29 is 4.79 Å². The number of hydrogen-bond acceptors (Lipinski definition) is 4. The van der Waals surface area contributed by atoms with Gasteiger partial charge in [0.15, 0.2) is 0 Å². The summed E-state index contributed by atoms with van der Waals surface area (Å²) in [6.07, 6.45) is 0. The van der Waals surface area contributed by atoms with Gasteiger partial charge in [-0.3, -0.25) is 4.79 Å². The van der Waals surface area contributed by atoms with Crippen LogP contribution in [0.25, 0.3) is 10.9 Å². The molecule has 0 spiro atoms. The van der Waals surface area contributed by atoms with Gasteiger partial charge in [0.2, 0.25) is 5.91 Å². The van der Waals surface area contributed by atoms with Gasteiger partial charge in [0, 0.05) is 10.9 Å². The van der Waals surface area contributed by atoms with Crippen molar-refractivity contribution in [3.8, 4) is 6.07 Å². The molecule has 0 atom stereocenters. The summed E-state index contributed by atoms with van der Waals surface area (Å²) in [6, 6.07) is 11.3. The minimum atomic E-state index is -0.270. The van der Waals surface area contributed by atoms with Crippen LogP contribution in [0.1, 0.15) is 26.3 Å². The molecule has 1 heterocycles. The lowest BCUT2D eigenvalue weighted by Gasteiger charge is -2.20.